The van der Waals surface area contributed by atoms with Crippen LogP contribution in [0.4, 0.5) is 0 Å². The van der Waals surface area contributed by atoms with Gasteiger partial charge >= 0.3 is 0 Å². The summed E-state index contributed by atoms with van der Waals surface area (Å²) in [6.45, 7) is 0.548. The summed E-state index contributed by atoms with van der Waals surface area (Å²) in [4.78, 5) is 11.6. The molecular weight excluding hydrogens is 238 g/mol. The van der Waals surface area contributed by atoms with E-state index in [0.717, 1.165) is 11.3 Å². The number of rotatable bonds is 6. The molecule has 1 heterocycles. The SMILES string of the molecule is O=C(CCc1ccco1)NCC=Cc1ccccc1. The van der Waals surface area contributed by atoms with Gasteiger partial charge in [0.2, 0.25) is 5.91 Å². The summed E-state index contributed by atoms with van der Waals surface area (Å²) in [6.07, 6.45) is 6.65. The monoisotopic (exact) mass is 255 g/mol. The molecule has 3 nitrogen and oxygen atoms in total. The molecule has 0 bridgehead atoms. The molecule has 3 heteroatoms. The predicted molar refractivity (Wildman–Crippen MR) is 75.5 cm³/mol. The standard InChI is InChI=1S/C16H17NO2/c18-16(11-10-15-9-5-13-19-15)17-12-4-8-14-6-2-1-3-7-14/h1-9,13H,10-12H2,(H,17,18). The minimum Gasteiger partial charge on any atom is -0.469 e. The van der Waals surface area contributed by atoms with Crippen molar-refractivity contribution in [3.8, 4) is 0 Å². The second-order valence-corrected chi connectivity index (χ2v) is 4.20. The number of hydrogen-bond donors (Lipinski definition) is 1. The summed E-state index contributed by atoms with van der Waals surface area (Å²) < 4.78 is 5.17. The quantitative estimate of drug-likeness (QED) is 0.862. The Bertz CT molecular complexity index is 515. The Kier molecular flexibility index (Phi) is 4.99. The average Bonchev–Trinajstić information content (AvgIpc) is 2.96. The van der Waals surface area contributed by atoms with Crippen LogP contribution in [-0.2, 0) is 11.2 Å². The smallest absolute Gasteiger partial charge is 0.220 e. The molecule has 1 N–H and O–H groups in total. The number of amides is 1. The maximum atomic E-state index is 11.6. The van der Waals surface area contributed by atoms with Crippen LogP contribution < -0.4 is 5.32 Å². The fraction of sp³-hybridized carbons (Fsp3) is 0.188. The van der Waals surface area contributed by atoms with Crippen molar-refractivity contribution in [2.45, 2.75) is 12.8 Å². The van der Waals surface area contributed by atoms with E-state index in [0.29, 0.717) is 19.4 Å². The van der Waals surface area contributed by atoms with Crippen molar-refractivity contribution in [1.29, 1.82) is 0 Å². The Morgan fingerprint density at radius 1 is 1.16 bits per heavy atom. The Hall–Kier alpha value is -2.29. The molecular formula is C16H17NO2. The molecule has 0 aliphatic heterocycles. The van der Waals surface area contributed by atoms with Crippen LogP contribution in [0.2, 0.25) is 0 Å². The van der Waals surface area contributed by atoms with Crippen LogP contribution in [0.15, 0.2) is 59.2 Å². The maximum absolute atomic E-state index is 11.6. The zero-order valence-corrected chi connectivity index (χ0v) is 10.7. The van der Waals surface area contributed by atoms with E-state index in [1.54, 1.807) is 6.26 Å². The van der Waals surface area contributed by atoms with E-state index in [1.807, 2.05) is 54.6 Å². The number of aryl methyl sites for hydroxylation is 1. The molecule has 0 unspecified atom stereocenters. The molecule has 1 aromatic carbocycles. The third-order valence-corrected chi connectivity index (χ3v) is 2.71. The third kappa shape index (κ3) is 4.84. The second-order valence-electron chi connectivity index (χ2n) is 4.20. The predicted octanol–water partition coefficient (Wildman–Crippen LogP) is 3.04. The largest absolute Gasteiger partial charge is 0.469 e. The van der Waals surface area contributed by atoms with Gasteiger partial charge in [0.05, 0.1) is 6.26 Å². The molecule has 0 saturated heterocycles. The molecule has 2 aromatic rings. The second kappa shape index (κ2) is 7.21. The Morgan fingerprint density at radius 3 is 2.74 bits per heavy atom. The van der Waals surface area contributed by atoms with Crippen molar-refractivity contribution in [2.24, 2.45) is 0 Å². The number of hydrogen-bond acceptors (Lipinski definition) is 2. The fourth-order valence-corrected chi connectivity index (χ4v) is 1.71. The van der Waals surface area contributed by atoms with E-state index in [-0.39, 0.29) is 5.91 Å². The van der Waals surface area contributed by atoms with Gasteiger partial charge in [-0.1, -0.05) is 42.5 Å². The molecule has 1 aromatic heterocycles. The van der Waals surface area contributed by atoms with Crippen LogP contribution in [0.5, 0.6) is 0 Å². The van der Waals surface area contributed by atoms with E-state index >= 15 is 0 Å². The minimum atomic E-state index is 0.0362. The Balaban J connectivity index is 1.65. The van der Waals surface area contributed by atoms with Gasteiger partial charge in [0.1, 0.15) is 5.76 Å². The van der Waals surface area contributed by atoms with Crippen LogP contribution in [0.25, 0.3) is 6.08 Å². The van der Waals surface area contributed by atoms with Crippen LogP contribution in [0.1, 0.15) is 17.7 Å². The topological polar surface area (TPSA) is 42.2 Å². The first-order valence-corrected chi connectivity index (χ1v) is 6.35. The van der Waals surface area contributed by atoms with E-state index < -0.39 is 0 Å². The fourth-order valence-electron chi connectivity index (χ4n) is 1.71. The molecule has 1 amide bonds. The number of furan rings is 1. The number of nitrogens with one attached hydrogen (secondary N) is 1. The van der Waals surface area contributed by atoms with Crippen molar-refractivity contribution in [3.63, 3.8) is 0 Å². The molecule has 19 heavy (non-hydrogen) atoms. The van der Waals surface area contributed by atoms with Gasteiger partial charge in [0.25, 0.3) is 0 Å². The summed E-state index contributed by atoms with van der Waals surface area (Å²) in [7, 11) is 0. The van der Waals surface area contributed by atoms with Crippen LogP contribution in [0.3, 0.4) is 0 Å². The van der Waals surface area contributed by atoms with Gasteiger partial charge in [-0.15, -0.1) is 0 Å². The molecule has 0 saturated carbocycles. The third-order valence-electron chi connectivity index (χ3n) is 2.71. The lowest BCUT2D eigenvalue weighted by Gasteiger charge is -2.00. The van der Waals surface area contributed by atoms with Crippen LogP contribution in [-0.4, -0.2) is 12.5 Å². The highest BCUT2D eigenvalue weighted by atomic mass is 16.3. The molecule has 0 aliphatic carbocycles. The molecule has 2 rings (SSSR count). The van der Waals surface area contributed by atoms with Gasteiger partial charge < -0.3 is 9.73 Å². The first-order valence-electron chi connectivity index (χ1n) is 6.35. The first kappa shape index (κ1) is 13.1. The molecule has 0 radical (unpaired) electrons. The Labute approximate surface area is 112 Å². The van der Waals surface area contributed by atoms with Crippen molar-refractivity contribution < 1.29 is 9.21 Å². The summed E-state index contributed by atoms with van der Waals surface area (Å²) in [5.41, 5.74) is 1.13. The molecule has 0 spiro atoms. The normalized spacial score (nSPS) is 10.7. The molecule has 0 aliphatic rings. The van der Waals surface area contributed by atoms with Crippen LogP contribution in [0, 0.1) is 0 Å². The van der Waals surface area contributed by atoms with E-state index in [2.05, 4.69) is 5.32 Å². The highest BCUT2D eigenvalue weighted by Gasteiger charge is 2.02. The van der Waals surface area contributed by atoms with Gasteiger partial charge in [-0.25, -0.2) is 0 Å². The van der Waals surface area contributed by atoms with Crippen molar-refractivity contribution in [1.82, 2.24) is 5.32 Å². The first-order chi connectivity index (χ1) is 9.34. The molecule has 0 fully saturated rings. The lowest BCUT2D eigenvalue weighted by Crippen LogP contribution is -2.23. The van der Waals surface area contributed by atoms with E-state index in [4.69, 9.17) is 4.42 Å². The lowest BCUT2D eigenvalue weighted by molar-refractivity contribution is -0.120. The lowest BCUT2D eigenvalue weighted by atomic mass is 10.2. The summed E-state index contributed by atoms with van der Waals surface area (Å²) in [6, 6.07) is 13.7. The molecule has 0 atom stereocenters. The number of benzene rings is 1. The minimum absolute atomic E-state index is 0.0362. The van der Waals surface area contributed by atoms with Gasteiger partial charge in [-0.3, -0.25) is 4.79 Å². The van der Waals surface area contributed by atoms with Gasteiger partial charge in [0, 0.05) is 19.4 Å². The summed E-state index contributed by atoms with van der Waals surface area (Å²) in [5, 5.41) is 2.85. The van der Waals surface area contributed by atoms with Crippen LogP contribution >= 0.6 is 0 Å². The highest BCUT2D eigenvalue weighted by molar-refractivity contribution is 5.76. The maximum Gasteiger partial charge on any atom is 0.220 e. The summed E-state index contributed by atoms with van der Waals surface area (Å²) >= 11 is 0. The van der Waals surface area contributed by atoms with E-state index in [9.17, 15) is 4.79 Å². The van der Waals surface area contributed by atoms with Crippen molar-refractivity contribution >= 4 is 12.0 Å². The average molecular weight is 255 g/mol. The summed E-state index contributed by atoms with van der Waals surface area (Å²) in [5.74, 6) is 0.879. The Morgan fingerprint density at radius 2 is 2.00 bits per heavy atom. The van der Waals surface area contributed by atoms with Crippen molar-refractivity contribution in [2.75, 3.05) is 6.54 Å². The molecule has 98 valence electrons. The highest BCUT2D eigenvalue weighted by Crippen LogP contribution is 2.03. The van der Waals surface area contributed by atoms with E-state index in [1.165, 1.54) is 0 Å². The van der Waals surface area contributed by atoms with Gasteiger partial charge in [-0.2, -0.15) is 0 Å². The zero-order chi connectivity index (χ0) is 13.3. The van der Waals surface area contributed by atoms with Gasteiger partial charge in [-0.05, 0) is 17.7 Å². The van der Waals surface area contributed by atoms with Crippen molar-refractivity contribution in [3.05, 3.63) is 66.1 Å². The number of carbonyl (C=O) groups is 1. The number of carbonyl (C=O) groups excluding carboxylic acids is 1. The zero-order valence-electron chi connectivity index (χ0n) is 10.7. The van der Waals surface area contributed by atoms with Gasteiger partial charge in [0.15, 0.2) is 0 Å².